The van der Waals surface area contributed by atoms with Crippen LogP contribution in [0.15, 0.2) is 170 Å². The Morgan fingerprint density at radius 1 is 0.281 bits per heavy atom. The number of nitrogens with zero attached hydrogens (tertiary/aromatic N) is 2. The smallest absolute Gasteiger partial charge is 0.140 e. The normalized spacial score (nSPS) is 9.71. The lowest BCUT2D eigenvalue weighted by Gasteiger charge is -2.34. The number of hydrogen-bond donors (Lipinski definition) is 0. The highest BCUT2D eigenvalue weighted by molar-refractivity contribution is 6.11. The number of rotatable bonds is 6. The Kier molecular flexibility index (Phi) is 16.8. The Labute approximate surface area is 517 Å². The minimum atomic E-state index is -0.897. The van der Waals surface area contributed by atoms with Gasteiger partial charge in [-0.25, -0.2) is 0 Å². The van der Waals surface area contributed by atoms with Crippen molar-refractivity contribution in [1.82, 2.24) is 9.13 Å². The standard InChI is InChI=1S/C85H32N2O2/c1-5-9-13-17-21-23-27-35-59-88-71-49-45-69(46-50-71)85(70-47-51-72(52-48-70)89-60-36-28-24-22-18-14-10-6-2)79-53-41-65(67-43-55-83-77(63-67)73-37-29-31-39-81(73)86(83)57-33-25-19-15-11-7-3)61-75(79)76-62-66(42-54-80(76)85)68-44-56-84-78(64-68)74-38-30-32-40-82(74)87(84)58-34-26-20-16-12-8-4/h1-4,29-32,37-56,61-64H. The van der Waals surface area contributed by atoms with Gasteiger partial charge in [0, 0.05) is 117 Å². The topological polar surface area (TPSA) is 28.3 Å². The second-order valence-corrected chi connectivity index (χ2v) is 18.7. The molecule has 0 bridgehead atoms. The molecule has 89 heavy (non-hydrogen) atoms. The molecule has 1 aliphatic rings. The fourth-order valence-corrected chi connectivity index (χ4v) is 10.6. The first-order valence-electron chi connectivity index (χ1n) is 26.8. The maximum Gasteiger partial charge on any atom is 0.140 e. The van der Waals surface area contributed by atoms with Crippen LogP contribution in [0.4, 0.5) is 0 Å². The van der Waals surface area contributed by atoms with Gasteiger partial charge in [-0.1, -0.05) is 97.1 Å². The zero-order valence-electron chi connectivity index (χ0n) is 46.7. The van der Waals surface area contributed by atoms with Crippen molar-refractivity contribution in [3.63, 3.8) is 0 Å². The number of benzene rings is 8. The van der Waals surface area contributed by atoms with Gasteiger partial charge >= 0.3 is 0 Å². The van der Waals surface area contributed by atoms with Crippen molar-refractivity contribution in [2.75, 3.05) is 0 Å². The summed E-state index contributed by atoms with van der Waals surface area (Å²) in [5.74, 6) is 73.3. The Hall–Kier alpha value is -15.0. The fraction of sp³-hybridized carbons (Fsp3) is 0.0118. The molecule has 0 aliphatic heterocycles. The maximum absolute atomic E-state index is 5.89. The average molecular weight is 1110 g/mol. The van der Waals surface area contributed by atoms with E-state index < -0.39 is 5.41 Å². The van der Waals surface area contributed by atoms with E-state index in [0.717, 1.165) is 99.2 Å². The third kappa shape index (κ3) is 11.8. The van der Waals surface area contributed by atoms with E-state index >= 15 is 0 Å². The van der Waals surface area contributed by atoms with E-state index in [1.165, 1.54) is 0 Å². The van der Waals surface area contributed by atoms with Crippen molar-refractivity contribution < 1.29 is 9.47 Å². The maximum atomic E-state index is 5.89. The molecule has 1 aliphatic carbocycles. The van der Waals surface area contributed by atoms with Crippen LogP contribution in [0, 0.1) is 216 Å². The van der Waals surface area contributed by atoms with E-state index in [1.54, 1.807) is 0 Å². The molecule has 4 heteroatoms. The summed E-state index contributed by atoms with van der Waals surface area (Å²) in [4.78, 5) is 0. The van der Waals surface area contributed by atoms with Gasteiger partial charge in [-0.15, -0.1) is 25.7 Å². The van der Waals surface area contributed by atoms with Crippen molar-refractivity contribution in [2.24, 2.45) is 0 Å². The molecular weight excluding hydrogens is 1080 g/mol. The second kappa shape index (κ2) is 26.7. The SMILES string of the molecule is C#CC#CC#CC#CC#COc1ccc(C2(c3ccc(OC#CC#CC#CC#CC#C)cc3)c3ccc(-c4ccc5c(c4)c4ccccc4n5C#CC#CC#CC#C)cc3-c3cc(-c4ccc5c(c4)c4ccccc4n5C#CC#CC#CC#C)ccc32)cc1. The average Bonchev–Trinajstić information content (AvgIpc) is 1.57. The number of hydrogen-bond acceptors (Lipinski definition) is 2. The number of para-hydroxylation sites is 2. The van der Waals surface area contributed by atoms with Crippen LogP contribution in [0.25, 0.3) is 77.0 Å². The monoisotopic (exact) mass is 1110 g/mol. The van der Waals surface area contributed by atoms with Crippen LogP contribution in [0.3, 0.4) is 0 Å². The van der Waals surface area contributed by atoms with Crippen molar-refractivity contribution in [2.45, 2.75) is 5.41 Å². The third-order valence-corrected chi connectivity index (χ3v) is 14.0. The molecule has 11 rings (SSSR count). The van der Waals surface area contributed by atoms with Crippen LogP contribution in [0.2, 0.25) is 0 Å². The lowest BCUT2D eigenvalue weighted by atomic mass is 9.67. The van der Waals surface area contributed by atoms with Gasteiger partial charge in [0.2, 0.25) is 0 Å². The predicted octanol–water partition coefficient (Wildman–Crippen LogP) is 12.5. The minimum Gasteiger partial charge on any atom is -0.407 e. The van der Waals surface area contributed by atoms with E-state index in [-0.39, 0.29) is 0 Å². The van der Waals surface area contributed by atoms with Crippen molar-refractivity contribution in [3.05, 3.63) is 192 Å². The van der Waals surface area contributed by atoms with Crippen LogP contribution >= 0.6 is 0 Å². The summed E-state index contributed by atoms with van der Waals surface area (Å²) in [7, 11) is 0. The van der Waals surface area contributed by atoms with Gasteiger partial charge in [0.25, 0.3) is 0 Å². The summed E-state index contributed by atoms with van der Waals surface area (Å²) in [6.07, 6.45) is 26.2. The van der Waals surface area contributed by atoms with Gasteiger partial charge < -0.3 is 9.47 Å². The first kappa shape index (κ1) is 55.9. The molecule has 2 aromatic heterocycles. The molecule has 0 fully saturated rings. The number of fused-ring (bicyclic) bond motifs is 9. The van der Waals surface area contributed by atoms with Crippen LogP contribution in [-0.4, -0.2) is 9.13 Å². The largest absolute Gasteiger partial charge is 0.407 e. The third-order valence-electron chi connectivity index (χ3n) is 14.0. The molecule has 0 N–H and O–H groups in total. The number of terminal acetylenes is 4. The highest BCUT2D eigenvalue weighted by Crippen LogP contribution is 2.58. The zero-order chi connectivity index (χ0) is 61.0. The molecule has 10 aromatic rings. The van der Waals surface area contributed by atoms with Crippen LogP contribution in [0.5, 0.6) is 11.5 Å². The summed E-state index contributed by atoms with van der Waals surface area (Å²) >= 11 is 0. The fourth-order valence-electron chi connectivity index (χ4n) is 10.6. The van der Waals surface area contributed by atoms with Gasteiger partial charge in [0.05, 0.1) is 27.5 Å². The second-order valence-electron chi connectivity index (χ2n) is 18.7. The molecule has 8 aromatic carbocycles. The van der Waals surface area contributed by atoms with Crippen molar-refractivity contribution in [3.8, 4) is 261 Å². The van der Waals surface area contributed by atoms with Gasteiger partial charge in [-0.2, -0.15) is 0 Å². The van der Waals surface area contributed by atoms with Crippen LogP contribution in [-0.2, 0) is 5.41 Å². The van der Waals surface area contributed by atoms with E-state index in [1.807, 2.05) is 57.7 Å². The first-order chi connectivity index (χ1) is 44.0. The predicted molar refractivity (Wildman–Crippen MR) is 357 cm³/mol. The Bertz CT molecular complexity index is 5500. The number of ether oxygens (including phenoxy) is 2. The number of aromatic nitrogens is 2. The van der Waals surface area contributed by atoms with E-state index in [9.17, 15) is 0 Å². The molecule has 0 atom stereocenters. The molecule has 394 valence electrons. The van der Waals surface area contributed by atoms with Gasteiger partial charge in [-0.05, 0) is 211 Å². The lowest BCUT2D eigenvalue weighted by Crippen LogP contribution is -2.28. The molecule has 0 saturated heterocycles. The summed E-state index contributed by atoms with van der Waals surface area (Å²) in [5.41, 5.74) is 13.0. The summed E-state index contributed by atoms with van der Waals surface area (Å²) in [6.45, 7) is 0. The minimum absolute atomic E-state index is 0.514. The molecule has 0 spiro atoms. The molecule has 0 amide bonds. The van der Waals surface area contributed by atoms with Gasteiger partial charge in [0.15, 0.2) is 0 Å². The Balaban J connectivity index is 1.08. The van der Waals surface area contributed by atoms with E-state index in [2.05, 4.69) is 311 Å². The molecular formula is C85H32N2O2. The molecule has 0 saturated carbocycles. The van der Waals surface area contributed by atoms with E-state index in [0.29, 0.717) is 11.5 Å². The van der Waals surface area contributed by atoms with Gasteiger partial charge in [0.1, 0.15) is 23.7 Å². The Morgan fingerprint density at radius 3 is 0.978 bits per heavy atom. The summed E-state index contributed by atoms with van der Waals surface area (Å²) < 4.78 is 15.7. The summed E-state index contributed by atoms with van der Waals surface area (Å²) in [6, 6.07) is 65.1. The van der Waals surface area contributed by atoms with Crippen molar-refractivity contribution >= 4 is 43.6 Å². The zero-order valence-corrected chi connectivity index (χ0v) is 46.7. The molecule has 2 heterocycles. The van der Waals surface area contributed by atoms with E-state index in [4.69, 9.17) is 35.2 Å². The highest BCUT2D eigenvalue weighted by atomic mass is 16.5. The lowest BCUT2D eigenvalue weighted by molar-refractivity contribution is 0.519. The molecule has 4 nitrogen and oxygen atoms in total. The highest BCUT2D eigenvalue weighted by Gasteiger charge is 2.46. The Morgan fingerprint density at radius 2 is 0.596 bits per heavy atom. The molecule has 0 unspecified atom stereocenters. The van der Waals surface area contributed by atoms with Crippen LogP contribution in [0.1, 0.15) is 22.3 Å². The van der Waals surface area contributed by atoms with Gasteiger partial charge in [-0.3, -0.25) is 9.13 Å². The first-order valence-corrected chi connectivity index (χ1v) is 26.8. The van der Waals surface area contributed by atoms with Crippen molar-refractivity contribution in [1.29, 1.82) is 0 Å². The molecule has 0 radical (unpaired) electrons. The van der Waals surface area contributed by atoms with Crippen LogP contribution < -0.4 is 9.47 Å². The quantitative estimate of drug-likeness (QED) is 0.155. The summed E-state index contributed by atoms with van der Waals surface area (Å²) in [5, 5.41) is 4.16.